The Labute approximate surface area is 164 Å². The Morgan fingerprint density at radius 3 is 2.96 bits per heavy atom. The minimum atomic E-state index is -1.78. The molecule has 0 aromatic heterocycles. The van der Waals surface area contributed by atoms with Crippen LogP contribution in [-0.4, -0.2) is 18.8 Å². The van der Waals surface area contributed by atoms with Crippen molar-refractivity contribution in [2.75, 3.05) is 11.9 Å². The number of allylic oxidation sites excluding steroid dienone is 7. The summed E-state index contributed by atoms with van der Waals surface area (Å²) in [5.41, 5.74) is 3.97. The van der Waals surface area contributed by atoms with Gasteiger partial charge in [0, 0.05) is 22.7 Å². The molecule has 1 heterocycles. The predicted molar refractivity (Wildman–Crippen MR) is 112 cm³/mol. The van der Waals surface area contributed by atoms with Gasteiger partial charge in [0.1, 0.15) is 0 Å². The number of hydrogen-bond donors (Lipinski definition) is 1. The van der Waals surface area contributed by atoms with Gasteiger partial charge in [-0.15, -0.1) is 0 Å². The number of rotatable bonds is 7. The Morgan fingerprint density at radius 2 is 2.11 bits per heavy atom. The molecule has 144 valence electrons. The zero-order valence-corrected chi connectivity index (χ0v) is 15.8. The molecule has 1 N–H and O–H groups in total. The third-order valence-corrected chi connectivity index (χ3v) is 4.16. The second-order valence-electron chi connectivity index (χ2n) is 6.12. The molecule has 1 unspecified atom stereocenters. The van der Waals surface area contributed by atoms with Crippen LogP contribution in [0.15, 0.2) is 102 Å². The fourth-order valence-electron chi connectivity index (χ4n) is 2.78. The van der Waals surface area contributed by atoms with E-state index in [2.05, 4.69) is 29.0 Å². The van der Waals surface area contributed by atoms with E-state index < -0.39 is 6.54 Å². The summed E-state index contributed by atoms with van der Waals surface area (Å²) in [6.07, 6.45) is 16.1. The number of alkyl halides is 1. The van der Waals surface area contributed by atoms with E-state index in [-0.39, 0.29) is 0 Å². The molecule has 0 fully saturated rings. The highest BCUT2D eigenvalue weighted by molar-refractivity contribution is 6.03. The van der Waals surface area contributed by atoms with Gasteiger partial charge in [0.25, 0.3) is 0 Å². The van der Waals surface area contributed by atoms with Crippen molar-refractivity contribution in [1.29, 1.82) is 0 Å². The maximum Gasteiger partial charge on any atom is 0.397 e. The maximum atomic E-state index is 13.1. The average Bonchev–Trinajstić information content (AvgIpc) is 2.88. The molecule has 0 saturated heterocycles. The molecule has 3 rings (SSSR count). The number of ether oxygens (including phenoxy) is 2. The lowest BCUT2D eigenvalue weighted by atomic mass is 10.1. The Balaban J connectivity index is 1.69. The van der Waals surface area contributed by atoms with Crippen molar-refractivity contribution in [3.05, 3.63) is 102 Å². The maximum absolute atomic E-state index is 13.1. The molecular formula is C23H23FN2O2. The fourth-order valence-corrected chi connectivity index (χ4v) is 2.78. The summed E-state index contributed by atoms with van der Waals surface area (Å²) in [7, 11) is 0. The smallest absolute Gasteiger partial charge is 0.397 e. The number of para-hydroxylation sites is 1. The lowest BCUT2D eigenvalue weighted by Gasteiger charge is -2.12. The molecule has 1 atom stereocenters. The van der Waals surface area contributed by atoms with Crippen LogP contribution < -0.4 is 5.32 Å². The van der Waals surface area contributed by atoms with Crippen molar-refractivity contribution in [3.8, 4) is 0 Å². The van der Waals surface area contributed by atoms with Crippen LogP contribution in [0.4, 0.5) is 10.1 Å². The van der Waals surface area contributed by atoms with Gasteiger partial charge in [-0.05, 0) is 37.6 Å². The van der Waals surface area contributed by atoms with Gasteiger partial charge < -0.3 is 14.8 Å². The van der Waals surface area contributed by atoms with Gasteiger partial charge in [-0.2, -0.15) is 4.39 Å². The van der Waals surface area contributed by atoms with Crippen molar-refractivity contribution >= 4 is 11.4 Å². The van der Waals surface area contributed by atoms with Gasteiger partial charge >= 0.3 is 6.54 Å². The zero-order valence-electron chi connectivity index (χ0n) is 15.8. The molecule has 5 heteroatoms. The molecule has 1 aliphatic carbocycles. The molecule has 4 nitrogen and oxygen atoms in total. The van der Waals surface area contributed by atoms with E-state index >= 15 is 0 Å². The third kappa shape index (κ3) is 5.10. The Kier molecular flexibility index (Phi) is 6.63. The van der Waals surface area contributed by atoms with E-state index in [9.17, 15) is 4.39 Å². The van der Waals surface area contributed by atoms with Crippen LogP contribution in [-0.2, 0) is 9.47 Å². The fraction of sp³-hybridized carbons (Fsp3) is 0.174. The molecule has 1 aromatic carbocycles. The largest absolute Gasteiger partial charge is 0.425 e. The van der Waals surface area contributed by atoms with E-state index in [0.717, 1.165) is 29.1 Å². The van der Waals surface area contributed by atoms with Crippen LogP contribution in [0, 0.1) is 0 Å². The number of benzene rings is 1. The number of nitrogens with one attached hydrogen (secondary N) is 1. The molecule has 1 aliphatic heterocycles. The van der Waals surface area contributed by atoms with Crippen LogP contribution >= 0.6 is 0 Å². The first-order valence-electron chi connectivity index (χ1n) is 9.09. The van der Waals surface area contributed by atoms with Gasteiger partial charge in [0.15, 0.2) is 11.5 Å². The summed E-state index contributed by atoms with van der Waals surface area (Å²) in [6.45, 7) is 4.19. The molecule has 0 saturated carbocycles. The SMILES string of the molecule is C=CC1=C(/C=C\CN=C(C)c2ccccc2NC2=CCC=CC=C2)OC(F)O1. The van der Waals surface area contributed by atoms with Crippen LogP contribution in [0.5, 0.6) is 0 Å². The molecule has 28 heavy (non-hydrogen) atoms. The van der Waals surface area contributed by atoms with Crippen molar-refractivity contribution in [3.63, 3.8) is 0 Å². The van der Waals surface area contributed by atoms with E-state index in [1.165, 1.54) is 6.08 Å². The number of hydrogen-bond acceptors (Lipinski definition) is 4. The van der Waals surface area contributed by atoms with Crippen molar-refractivity contribution in [1.82, 2.24) is 0 Å². The van der Waals surface area contributed by atoms with Gasteiger partial charge in [-0.1, -0.05) is 55.2 Å². The second kappa shape index (κ2) is 9.55. The highest BCUT2D eigenvalue weighted by Gasteiger charge is 2.22. The molecular weight excluding hydrogens is 355 g/mol. The number of anilines is 1. The van der Waals surface area contributed by atoms with E-state index in [1.807, 2.05) is 49.4 Å². The van der Waals surface area contributed by atoms with Crippen molar-refractivity contribution < 1.29 is 13.9 Å². The minimum Gasteiger partial charge on any atom is -0.425 e. The number of nitrogens with zero attached hydrogens (tertiary/aromatic N) is 1. The van der Waals surface area contributed by atoms with Crippen LogP contribution in [0.3, 0.4) is 0 Å². The minimum absolute atomic E-state index is 0.290. The van der Waals surface area contributed by atoms with Gasteiger partial charge in [0.05, 0.1) is 6.54 Å². The van der Waals surface area contributed by atoms with Crippen LogP contribution in [0.25, 0.3) is 0 Å². The summed E-state index contributed by atoms with van der Waals surface area (Å²) in [5.74, 6) is 0.608. The molecule has 0 spiro atoms. The third-order valence-electron chi connectivity index (χ3n) is 4.16. The normalized spacial score (nSPS) is 19.3. The van der Waals surface area contributed by atoms with Gasteiger partial charge in [-0.3, -0.25) is 4.99 Å². The summed E-state index contributed by atoms with van der Waals surface area (Å²) in [6, 6.07) is 8.04. The Bertz CT molecular complexity index is 907. The average molecular weight is 378 g/mol. The summed E-state index contributed by atoms with van der Waals surface area (Å²) in [5, 5.41) is 3.46. The Hall–Kier alpha value is -3.34. The summed E-state index contributed by atoms with van der Waals surface area (Å²) >= 11 is 0. The first-order chi connectivity index (χ1) is 13.7. The monoisotopic (exact) mass is 378 g/mol. The Morgan fingerprint density at radius 1 is 1.29 bits per heavy atom. The molecule has 0 radical (unpaired) electrons. The summed E-state index contributed by atoms with van der Waals surface area (Å²) < 4.78 is 22.9. The highest BCUT2D eigenvalue weighted by atomic mass is 19.2. The quantitative estimate of drug-likeness (QED) is 0.632. The van der Waals surface area contributed by atoms with Crippen molar-refractivity contribution in [2.45, 2.75) is 19.9 Å². The molecule has 2 aliphatic rings. The van der Waals surface area contributed by atoms with E-state index in [1.54, 1.807) is 12.2 Å². The lowest BCUT2D eigenvalue weighted by Crippen LogP contribution is -2.04. The standard InChI is InChI=1S/C23H23FN2O2/c1-3-21-22(28-23(24)27-21)15-10-16-25-17(2)19-13-8-9-14-20(19)26-18-11-6-4-5-7-12-18/h3-6,8-15,23,26H,1,7,16H2,2H3/b15-10-,25-17?. The molecule has 0 amide bonds. The second-order valence-corrected chi connectivity index (χ2v) is 6.12. The molecule has 0 bridgehead atoms. The highest BCUT2D eigenvalue weighted by Crippen LogP contribution is 2.24. The van der Waals surface area contributed by atoms with Gasteiger partial charge in [-0.25, -0.2) is 0 Å². The summed E-state index contributed by atoms with van der Waals surface area (Å²) in [4.78, 5) is 4.60. The van der Waals surface area contributed by atoms with Crippen LogP contribution in [0.1, 0.15) is 18.9 Å². The predicted octanol–water partition coefficient (Wildman–Crippen LogP) is 5.56. The topological polar surface area (TPSA) is 42.9 Å². The first kappa shape index (κ1) is 19.4. The molecule has 1 aromatic rings. The van der Waals surface area contributed by atoms with E-state index in [0.29, 0.717) is 18.1 Å². The van der Waals surface area contributed by atoms with E-state index in [4.69, 9.17) is 9.47 Å². The first-order valence-corrected chi connectivity index (χ1v) is 9.09. The van der Waals surface area contributed by atoms with Crippen LogP contribution in [0.2, 0.25) is 0 Å². The van der Waals surface area contributed by atoms with Gasteiger partial charge in [0.2, 0.25) is 0 Å². The lowest BCUT2D eigenvalue weighted by molar-refractivity contribution is -0.131. The zero-order chi connectivity index (χ0) is 19.8. The number of aliphatic imine (C=N–C) groups is 1. The van der Waals surface area contributed by atoms with Crippen molar-refractivity contribution in [2.24, 2.45) is 4.99 Å². The number of halogens is 1.